The van der Waals surface area contributed by atoms with Crippen molar-refractivity contribution in [2.24, 2.45) is 7.05 Å². The van der Waals surface area contributed by atoms with Gasteiger partial charge in [0.25, 0.3) is 0 Å². The quantitative estimate of drug-likeness (QED) is 0.533. The van der Waals surface area contributed by atoms with Crippen molar-refractivity contribution in [3.63, 3.8) is 0 Å². The maximum atomic E-state index is 5.63. The minimum absolute atomic E-state index is 0.905. The van der Waals surface area contributed by atoms with Crippen molar-refractivity contribution in [2.75, 3.05) is 7.11 Å². The highest BCUT2D eigenvalue weighted by molar-refractivity contribution is 7.08. The monoisotopic (exact) mass is 308 g/mol. The van der Waals surface area contributed by atoms with Crippen molar-refractivity contribution in [3.05, 3.63) is 46.9 Å². The number of rotatable bonds is 2. The van der Waals surface area contributed by atoms with Gasteiger partial charge in [-0.3, -0.25) is 4.98 Å². The molecule has 3 heterocycles. The first-order valence-electron chi connectivity index (χ1n) is 7.15. The lowest BCUT2D eigenvalue weighted by atomic mass is 10.0. The van der Waals surface area contributed by atoms with Crippen LogP contribution in [0, 0.1) is 6.92 Å². The van der Waals surface area contributed by atoms with Crippen molar-refractivity contribution in [3.8, 4) is 16.9 Å². The van der Waals surface area contributed by atoms with Crippen LogP contribution < -0.4 is 4.74 Å². The summed E-state index contributed by atoms with van der Waals surface area (Å²) in [7, 11) is 3.82. The summed E-state index contributed by atoms with van der Waals surface area (Å²) in [5.41, 5.74) is 5.74. The van der Waals surface area contributed by atoms with E-state index in [4.69, 9.17) is 4.74 Å². The maximum absolute atomic E-state index is 5.63. The second kappa shape index (κ2) is 4.85. The second-order valence-corrected chi connectivity index (χ2v) is 6.21. The van der Waals surface area contributed by atoms with Gasteiger partial charge in [0.2, 0.25) is 0 Å². The molecule has 22 heavy (non-hydrogen) atoms. The molecule has 4 aromatic rings. The average Bonchev–Trinajstić information content (AvgIpc) is 3.15. The summed E-state index contributed by atoms with van der Waals surface area (Å²) in [6.45, 7) is 2.05. The van der Waals surface area contributed by atoms with Crippen molar-refractivity contribution in [1.82, 2.24) is 9.55 Å². The molecule has 0 fully saturated rings. The van der Waals surface area contributed by atoms with Gasteiger partial charge in [0.05, 0.1) is 23.8 Å². The molecule has 0 amide bonds. The number of methoxy groups -OCH3 is 1. The zero-order valence-corrected chi connectivity index (χ0v) is 13.6. The Kier molecular flexibility index (Phi) is 2.94. The summed E-state index contributed by atoms with van der Waals surface area (Å²) in [5.74, 6) is 0.905. The van der Waals surface area contributed by atoms with Crippen LogP contribution in [-0.4, -0.2) is 16.7 Å². The molecule has 0 saturated carbocycles. The van der Waals surface area contributed by atoms with Gasteiger partial charge in [0.1, 0.15) is 5.75 Å². The number of nitrogens with zero attached hydrogens (tertiary/aromatic N) is 2. The van der Waals surface area contributed by atoms with Gasteiger partial charge < -0.3 is 9.30 Å². The average molecular weight is 308 g/mol. The van der Waals surface area contributed by atoms with E-state index >= 15 is 0 Å². The van der Waals surface area contributed by atoms with Crippen LogP contribution in [0.25, 0.3) is 32.9 Å². The van der Waals surface area contributed by atoms with Gasteiger partial charge in [-0.05, 0) is 41.4 Å². The van der Waals surface area contributed by atoms with E-state index in [0.717, 1.165) is 17.0 Å². The highest BCUT2D eigenvalue weighted by Crippen LogP contribution is 2.39. The van der Waals surface area contributed by atoms with Crippen molar-refractivity contribution in [1.29, 1.82) is 0 Å². The van der Waals surface area contributed by atoms with Crippen molar-refractivity contribution >= 4 is 33.1 Å². The van der Waals surface area contributed by atoms with Crippen LogP contribution in [0.4, 0.5) is 0 Å². The third-order valence-corrected chi connectivity index (χ3v) is 4.93. The van der Waals surface area contributed by atoms with Gasteiger partial charge >= 0.3 is 0 Å². The number of benzene rings is 1. The Bertz CT molecular complexity index is 984. The van der Waals surface area contributed by atoms with Gasteiger partial charge in [-0.1, -0.05) is 0 Å². The topological polar surface area (TPSA) is 27.1 Å². The van der Waals surface area contributed by atoms with E-state index < -0.39 is 0 Å². The summed E-state index contributed by atoms with van der Waals surface area (Å²) >= 11 is 1.70. The Balaban J connectivity index is 2.16. The molecule has 4 heteroatoms. The molecule has 110 valence electrons. The Hall–Kier alpha value is -2.33. The molecule has 0 aliphatic rings. The minimum Gasteiger partial charge on any atom is -0.496 e. The molecule has 0 bridgehead atoms. The predicted octanol–water partition coefficient (Wildman–Crippen LogP) is 4.77. The van der Waals surface area contributed by atoms with E-state index in [2.05, 4.69) is 58.5 Å². The highest BCUT2D eigenvalue weighted by atomic mass is 32.1. The van der Waals surface area contributed by atoms with E-state index in [9.17, 15) is 0 Å². The number of fused-ring (bicyclic) bond motifs is 3. The summed E-state index contributed by atoms with van der Waals surface area (Å²) in [5, 5.41) is 6.73. The molecule has 0 N–H and O–H groups in total. The minimum atomic E-state index is 0.905. The fraction of sp³-hybridized carbons (Fsp3) is 0.167. The first-order chi connectivity index (χ1) is 10.7. The number of thiophene rings is 1. The summed E-state index contributed by atoms with van der Waals surface area (Å²) < 4.78 is 7.84. The van der Waals surface area contributed by atoms with Crippen LogP contribution in [0.2, 0.25) is 0 Å². The molecular formula is C18H16N2OS. The van der Waals surface area contributed by atoms with Gasteiger partial charge in [0.15, 0.2) is 0 Å². The summed E-state index contributed by atoms with van der Waals surface area (Å²) in [4.78, 5) is 4.43. The van der Waals surface area contributed by atoms with Crippen LogP contribution in [0.15, 0.2) is 41.2 Å². The van der Waals surface area contributed by atoms with E-state index in [-0.39, 0.29) is 0 Å². The SMILES string of the molecule is COc1cc2c(cc1-c1ccsc1)c1ccnc(C)c1n2C. The molecule has 3 nitrogen and oxygen atoms in total. The zero-order chi connectivity index (χ0) is 15.3. The maximum Gasteiger partial charge on any atom is 0.128 e. The van der Waals surface area contributed by atoms with Crippen LogP contribution >= 0.6 is 11.3 Å². The lowest BCUT2D eigenvalue weighted by Crippen LogP contribution is -1.92. The van der Waals surface area contributed by atoms with E-state index in [1.54, 1.807) is 18.4 Å². The van der Waals surface area contributed by atoms with E-state index in [1.807, 2.05) is 6.20 Å². The molecule has 0 spiro atoms. The Morgan fingerprint density at radius 1 is 1.18 bits per heavy atom. The normalized spacial score (nSPS) is 11.4. The van der Waals surface area contributed by atoms with E-state index in [1.165, 1.54) is 27.4 Å². The van der Waals surface area contributed by atoms with Crippen LogP contribution in [0.5, 0.6) is 5.75 Å². The zero-order valence-electron chi connectivity index (χ0n) is 12.8. The van der Waals surface area contributed by atoms with Gasteiger partial charge in [-0.2, -0.15) is 11.3 Å². The number of pyridine rings is 1. The lowest BCUT2D eigenvalue weighted by Gasteiger charge is -2.08. The van der Waals surface area contributed by atoms with Crippen molar-refractivity contribution in [2.45, 2.75) is 6.92 Å². The standard InChI is InChI=1S/C18H16N2OS/c1-11-18-13(4-6-19-11)15-8-14(12-5-7-22-10-12)17(21-3)9-16(15)20(18)2/h4-10H,1-3H3. The number of hydrogen-bond acceptors (Lipinski definition) is 3. The number of hydrogen-bond donors (Lipinski definition) is 0. The Morgan fingerprint density at radius 2 is 2.05 bits per heavy atom. The molecule has 4 rings (SSSR count). The van der Waals surface area contributed by atoms with Crippen LogP contribution in [0.1, 0.15) is 5.69 Å². The fourth-order valence-electron chi connectivity index (χ4n) is 3.19. The number of aromatic nitrogens is 2. The molecule has 0 unspecified atom stereocenters. The lowest BCUT2D eigenvalue weighted by molar-refractivity contribution is 0.417. The molecule has 1 aromatic carbocycles. The molecule has 0 aliphatic carbocycles. The van der Waals surface area contributed by atoms with E-state index in [0.29, 0.717) is 0 Å². The molecule has 0 aliphatic heterocycles. The number of aryl methyl sites for hydroxylation is 2. The first-order valence-corrected chi connectivity index (χ1v) is 8.09. The third kappa shape index (κ3) is 1.77. The largest absolute Gasteiger partial charge is 0.496 e. The third-order valence-electron chi connectivity index (χ3n) is 4.24. The van der Waals surface area contributed by atoms with Gasteiger partial charge in [-0.25, -0.2) is 0 Å². The Labute approximate surface area is 132 Å². The van der Waals surface area contributed by atoms with Crippen LogP contribution in [0.3, 0.4) is 0 Å². The summed E-state index contributed by atoms with van der Waals surface area (Å²) in [6, 6.07) is 8.58. The van der Waals surface area contributed by atoms with Crippen molar-refractivity contribution < 1.29 is 4.74 Å². The molecule has 0 radical (unpaired) electrons. The van der Waals surface area contributed by atoms with Gasteiger partial charge in [-0.15, -0.1) is 0 Å². The summed E-state index contributed by atoms with van der Waals surface area (Å²) in [6.07, 6.45) is 1.88. The fourth-order valence-corrected chi connectivity index (χ4v) is 3.85. The van der Waals surface area contributed by atoms with Gasteiger partial charge in [0, 0.05) is 35.6 Å². The molecule has 3 aromatic heterocycles. The first kappa shape index (κ1) is 13.3. The Morgan fingerprint density at radius 3 is 2.77 bits per heavy atom. The number of ether oxygens (including phenoxy) is 1. The molecular weight excluding hydrogens is 292 g/mol. The second-order valence-electron chi connectivity index (χ2n) is 5.43. The molecule has 0 atom stereocenters. The smallest absolute Gasteiger partial charge is 0.128 e. The highest BCUT2D eigenvalue weighted by Gasteiger charge is 2.15. The predicted molar refractivity (Wildman–Crippen MR) is 92.8 cm³/mol. The van der Waals surface area contributed by atoms with Crippen LogP contribution in [-0.2, 0) is 7.05 Å². The molecule has 0 saturated heterocycles.